The molecule has 4 rings (SSSR count). The molecular weight excluding hydrogens is 368 g/mol. The maximum atomic E-state index is 13.0. The first-order chi connectivity index (χ1) is 14.1. The molecule has 4 aliphatic carbocycles. The van der Waals surface area contributed by atoms with Crippen LogP contribution >= 0.6 is 0 Å². The summed E-state index contributed by atoms with van der Waals surface area (Å²) >= 11 is 0. The minimum absolute atomic E-state index is 0.233. The Morgan fingerprint density at radius 3 is 2.30 bits per heavy atom. The van der Waals surface area contributed by atoms with Crippen molar-refractivity contribution in [3.63, 3.8) is 0 Å². The monoisotopic (exact) mass is 412 g/mol. The highest BCUT2D eigenvalue weighted by atomic mass is 16.1. The molecule has 0 heterocycles. The van der Waals surface area contributed by atoms with Gasteiger partial charge in [0.25, 0.3) is 0 Å². The third-order valence-corrected chi connectivity index (χ3v) is 10.8. The molecule has 0 saturated heterocycles. The Labute approximate surface area is 184 Å². The van der Waals surface area contributed by atoms with Gasteiger partial charge in [0.1, 0.15) is 6.29 Å². The second-order valence-corrected chi connectivity index (χ2v) is 12.5. The zero-order valence-electron chi connectivity index (χ0n) is 20.5. The Morgan fingerprint density at radius 2 is 1.73 bits per heavy atom. The van der Waals surface area contributed by atoms with Gasteiger partial charge in [0, 0.05) is 6.42 Å². The number of rotatable bonds is 4. The van der Waals surface area contributed by atoms with Gasteiger partial charge < -0.3 is 4.79 Å². The van der Waals surface area contributed by atoms with Crippen LogP contribution in [0.3, 0.4) is 0 Å². The fourth-order valence-corrected chi connectivity index (χ4v) is 9.47. The number of carbonyl (C=O) groups is 2. The van der Waals surface area contributed by atoms with Crippen LogP contribution < -0.4 is 0 Å². The van der Waals surface area contributed by atoms with Crippen LogP contribution in [0.2, 0.25) is 0 Å². The number of hydrogen-bond donors (Lipinski definition) is 0. The lowest BCUT2D eigenvalue weighted by Crippen LogP contribution is -2.58. The average molecular weight is 413 g/mol. The van der Waals surface area contributed by atoms with Gasteiger partial charge in [-0.3, -0.25) is 4.79 Å². The number of fused-ring (bicyclic) bond motifs is 5. The normalized spacial score (nSPS) is 46.1. The summed E-state index contributed by atoms with van der Waals surface area (Å²) in [5.74, 6) is 3.91. The van der Waals surface area contributed by atoms with Gasteiger partial charge in [-0.2, -0.15) is 0 Å². The largest absolute Gasteiger partial charge is 0.302 e. The fourth-order valence-electron chi connectivity index (χ4n) is 9.47. The van der Waals surface area contributed by atoms with Gasteiger partial charge in [0.2, 0.25) is 0 Å². The lowest BCUT2D eigenvalue weighted by atomic mass is 9.39. The van der Waals surface area contributed by atoms with E-state index in [9.17, 15) is 9.59 Å². The van der Waals surface area contributed by atoms with Crippen molar-refractivity contribution in [3.8, 4) is 0 Å². The first kappa shape index (κ1) is 22.3. The molecule has 7 atom stereocenters. The third-order valence-electron chi connectivity index (χ3n) is 10.8. The molecule has 4 aliphatic rings. The summed E-state index contributed by atoms with van der Waals surface area (Å²) in [6, 6.07) is 0. The highest BCUT2D eigenvalue weighted by Gasteiger charge is 2.63. The van der Waals surface area contributed by atoms with E-state index in [2.05, 4.69) is 48.5 Å². The maximum absolute atomic E-state index is 13.0. The van der Waals surface area contributed by atoms with E-state index >= 15 is 0 Å². The summed E-state index contributed by atoms with van der Waals surface area (Å²) in [7, 11) is 0. The molecule has 0 aliphatic heterocycles. The van der Waals surface area contributed by atoms with E-state index < -0.39 is 5.41 Å². The summed E-state index contributed by atoms with van der Waals surface area (Å²) in [6.45, 7) is 16.8. The summed E-state index contributed by atoms with van der Waals surface area (Å²) in [6.07, 6.45) is 10.0. The first-order valence-electron chi connectivity index (χ1n) is 12.8. The van der Waals surface area contributed by atoms with Gasteiger partial charge >= 0.3 is 0 Å². The van der Waals surface area contributed by atoms with Crippen molar-refractivity contribution in [2.24, 2.45) is 51.8 Å². The van der Waals surface area contributed by atoms with E-state index in [0.717, 1.165) is 36.2 Å². The Morgan fingerprint density at radius 1 is 1.03 bits per heavy atom. The molecule has 0 spiro atoms. The van der Waals surface area contributed by atoms with Crippen LogP contribution in [-0.2, 0) is 9.59 Å². The molecule has 0 amide bonds. The number of aldehydes is 1. The third kappa shape index (κ3) is 2.80. The summed E-state index contributed by atoms with van der Waals surface area (Å²) in [4.78, 5) is 25.4. The number of ketones is 1. The minimum atomic E-state index is -0.468. The SMILES string of the molecule is CCC1(C)C(C(C)C)CCC2(C)C3CCC4(C=O)CC(=O)C(C(C)C)=C4C3CCC12. The summed E-state index contributed by atoms with van der Waals surface area (Å²) in [5, 5.41) is 0. The Bertz CT molecular complexity index is 761. The van der Waals surface area contributed by atoms with Crippen molar-refractivity contribution in [2.75, 3.05) is 0 Å². The zero-order valence-corrected chi connectivity index (χ0v) is 20.5. The van der Waals surface area contributed by atoms with Crippen LogP contribution in [0.15, 0.2) is 11.1 Å². The van der Waals surface area contributed by atoms with E-state index in [-0.39, 0.29) is 11.7 Å². The van der Waals surface area contributed by atoms with Crippen molar-refractivity contribution in [3.05, 3.63) is 11.1 Å². The van der Waals surface area contributed by atoms with Crippen LogP contribution in [0, 0.1) is 51.8 Å². The van der Waals surface area contributed by atoms with E-state index in [0.29, 0.717) is 29.1 Å². The van der Waals surface area contributed by atoms with Gasteiger partial charge in [0.15, 0.2) is 5.78 Å². The van der Waals surface area contributed by atoms with Crippen LogP contribution in [0.4, 0.5) is 0 Å². The van der Waals surface area contributed by atoms with Crippen LogP contribution in [0.5, 0.6) is 0 Å². The van der Waals surface area contributed by atoms with Gasteiger partial charge in [-0.1, -0.05) is 54.9 Å². The van der Waals surface area contributed by atoms with E-state index in [4.69, 9.17) is 0 Å². The molecule has 0 radical (unpaired) electrons. The van der Waals surface area contributed by atoms with Crippen molar-refractivity contribution >= 4 is 12.1 Å². The van der Waals surface area contributed by atoms with Crippen molar-refractivity contribution < 1.29 is 9.59 Å². The number of carbonyl (C=O) groups excluding carboxylic acids is 2. The van der Waals surface area contributed by atoms with Crippen molar-refractivity contribution in [2.45, 2.75) is 99.8 Å². The Hall–Kier alpha value is -0.920. The zero-order chi connectivity index (χ0) is 22.1. The second kappa shape index (κ2) is 7.31. The highest BCUT2D eigenvalue weighted by molar-refractivity contribution is 6.03. The molecule has 168 valence electrons. The molecule has 0 aromatic carbocycles. The number of hydrogen-bond acceptors (Lipinski definition) is 2. The van der Waals surface area contributed by atoms with E-state index in [1.54, 1.807) is 0 Å². The van der Waals surface area contributed by atoms with Gasteiger partial charge in [0.05, 0.1) is 5.41 Å². The van der Waals surface area contributed by atoms with Crippen LogP contribution in [0.1, 0.15) is 99.8 Å². The molecule has 0 aromatic heterocycles. The fraction of sp³-hybridized carbons (Fsp3) is 0.857. The molecule has 2 heteroatoms. The molecule has 0 aromatic rings. The van der Waals surface area contributed by atoms with Crippen molar-refractivity contribution in [1.29, 1.82) is 0 Å². The summed E-state index contributed by atoms with van der Waals surface area (Å²) < 4.78 is 0. The molecular formula is C28H44O2. The van der Waals surface area contributed by atoms with Gasteiger partial charge in [-0.05, 0) is 96.0 Å². The first-order valence-corrected chi connectivity index (χ1v) is 12.8. The molecule has 3 fully saturated rings. The average Bonchev–Trinajstić information content (AvgIpc) is 3.00. The Balaban J connectivity index is 1.78. The molecule has 0 bridgehead atoms. The molecule has 30 heavy (non-hydrogen) atoms. The molecule has 0 N–H and O–H groups in total. The number of Topliss-reactive ketones (excluding diaryl/α,β-unsaturated/α-hetero) is 1. The van der Waals surface area contributed by atoms with Gasteiger partial charge in [-0.15, -0.1) is 0 Å². The standard InChI is InChI=1S/C28H44O2/c1-8-26(6)20(17(2)3)11-13-27(7)21-12-14-28(16-29)15-22(30)24(18(4)5)25(28)19(21)9-10-23(26)27/h16-21,23H,8-15H2,1-7H3. The van der Waals surface area contributed by atoms with Crippen LogP contribution in [-0.4, -0.2) is 12.1 Å². The second-order valence-electron chi connectivity index (χ2n) is 12.5. The van der Waals surface area contributed by atoms with Crippen LogP contribution in [0.25, 0.3) is 0 Å². The predicted molar refractivity (Wildman–Crippen MR) is 123 cm³/mol. The van der Waals surface area contributed by atoms with E-state index in [1.807, 2.05) is 0 Å². The lowest BCUT2D eigenvalue weighted by Gasteiger charge is -2.65. The quantitative estimate of drug-likeness (QED) is 0.465. The maximum Gasteiger partial charge on any atom is 0.160 e. The highest BCUT2D eigenvalue weighted by Crippen LogP contribution is 2.70. The summed E-state index contributed by atoms with van der Waals surface area (Å²) in [5.41, 5.74) is 2.62. The lowest BCUT2D eigenvalue weighted by molar-refractivity contribution is -0.150. The topological polar surface area (TPSA) is 34.1 Å². The Kier molecular flexibility index (Phi) is 5.43. The van der Waals surface area contributed by atoms with E-state index in [1.165, 1.54) is 44.0 Å². The number of allylic oxidation sites excluding steroid dienone is 2. The molecule has 2 nitrogen and oxygen atoms in total. The molecule has 3 saturated carbocycles. The predicted octanol–water partition coefficient (Wildman–Crippen LogP) is 7.02. The van der Waals surface area contributed by atoms with Crippen molar-refractivity contribution in [1.82, 2.24) is 0 Å². The molecule has 7 unspecified atom stereocenters. The minimum Gasteiger partial charge on any atom is -0.302 e. The smallest absolute Gasteiger partial charge is 0.160 e. The van der Waals surface area contributed by atoms with Gasteiger partial charge in [-0.25, -0.2) is 0 Å².